The van der Waals surface area contributed by atoms with Gasteiger partial charge in [0.15, 0.2) is 5.82 Å². The number of hydrogen-bond acceptors (Lipinski definition) is 3. The summed E-state index contributed by atoms with van der Waals surface area (Å²) in [5, 5.41) is 14.2. The van der Waals surface area contributed by atoms with Crippen LogP contribution in [0.4, 0.5) is 13.2 Å². The van der Waals surface area contributed by atoms with Crippen LogP contribution in [0.5, 0.6) is 0 Å². The maximum absolute atomic E-state index is 13.0. The number of aromatic nitrogens is 3. The van der Waals surface area contributed by atoms with Gasteiger partial charge in [-0.1, -0.05) is 12.1 Å². The summed E-state index contributed by atoms with van der Waals surface area (Å²) in [5.41, 5.74) is -0.319. The Labute approximate surface area is 143 Å². The number of benzene rings is 1. The van der Waals surface area contributed by atoms with E-state index in [2.05, 4.69) is 10.1 Å². The predicted molar refractivity (Wildman–Crippen MR) is 85.8 cm³/mol. The van der Waals surface area contributed by atoms with E-state index in [0.717, 1.165) is 30.8 Å². The van der Waals surface area contributed by atoms with Gasteiger partial charge in [0.1, 0.15) is 5.82 Å². The normalized spacial score (nSPS) is 28.4. The average Bonchev–Trinajstić information content (AvgIpc) is 2.90. The molecule has 4 rings (SSSR count). The van der Waals surface area contributed by atoms with Crippen LogP contribution >= 0.6 is 0 Å². The first kappa shape index (κ1) is 16.6. The third-order valence-corrected chi connectivity index (χ3v) is 5.31. The van der Waals surface area contributed by atoms with Gasteiger partial charge in [0.25, 0.3) is 0 Å². The van der Waals surface area contributed by atoms with Crippen molar-refractivity contribution in [1.29, 1.82) is 0 Å². The Morgan fingerprint density at radius 1 is 1.20 bits per heavy atom. The van der Waals surface area contributed by atoms with Gasteiger partial charge in [0.2, 0.25) is 0 Å². The quantitative estimate of drug-likeness (QED) is 0.908. The summed E-state index contributed by atoms with van der Waals surface area (Å²) in [6.45, 7) is 3.97. The molecule has 134 valence electrons. The van der Waals surface area contributed by atoms with Crippen molar-refractivity contribution in [2.75, 3.05) is 0 Å². The van der Waals surface area contributed by atoms with Gasteiger partial charge >= 0.3 is 6.18 Å². The predicted octanol–water partition coefficient (Wildman–Crippen LogP) is 4.03. The fraction of sp³-hybridized carbons (Fsp3) is 0.556. The highest BCUT2D eigenvalue weighted by Gasteiger charge is 2.58. The minimum absolute atomic E-state index is 0.0771. The molecule has 1 N–H and O–H groups in total. The van der Waals surface area contributed by atoms with Gasteiger partial charge in [-0.15, -0.1) is 0 Å². The van der Waals surface area contributed by atoms with Crippen LogP contribution in [0, 0.1) is 11.8 Å². The van der Waals surface area contributed by atoms with E-state index in [1.807, 2.05) is 18.5 Å². The second-order valence-electron chi connectivity index (χ2n) is 7.39. The lowest BCUT2D eigenvalue weighted by Crippen LogP contribution is -2.11. The van der Waals surface area contributed by atoms with Gasteiger partial charge in [-0.2, -0.15) is 18.3 Å². The molecule has 2 aliphatic carbocycles. The summed E-state index contributed by atoms with van der Waals surface area (Å²) in [7, 11) is 0. The molecule has 2 saturated carbocycles. The molecule has 2 aromatic rings. The summed E-state index contributed by atoms with van der Waals surface area (Å²) in [4.78, 5) is 4.60. The molecule has 0 saturated heterocycles. The van der Waals surface area contributed by atoms with Crippen molar-refractivity contribution in [2.45, 2.75) is 50.9 Å². The van der Waals surface area contributed by atoms with Gasteiger partial charge in [0, 0.05) is 17.5 Å². The smallest absolute Gasteiger partial charge is 0.393 e. The van der Waals surface area contributed by atoms with Crippen molar-refractivity contribution < 1.29 is 18.3 Å². The molecule has 2 aliphatic rings. The van der Waals surface area contributed by atoms with Crippen molar-refractivity contribution in [1.82, 2.24) is 14.8 Å². The van der Waals surface area contributed by atoms with Crippen LogP contribution < -0.4 is 0 Å². The molecule has 0 amide bonds. The van der Waals surface area contributed by atoms with Crippen molar-refractivity contribution in [3.63, 3.8) is 0 Å². The molecule has 4 nitrogen and oxygen atoms in total. The number of rotatable bonds is 3. The molecule has 0 spiro atoms. The lowest BCUT2D eigenvalue weighted by atomic mass is 10.1. The highest BCUT2D eigenvalue weighted by molar-refractivity contribution is 5.56. The minimum atomic E-state index is -4.39. The lowest BCUT2D eigenvalue weighted by Gasteiger charge is -2.11. The number of hydrogen-bond donors (Lipinski definition) is 1. The summed E-state index contributed by atoms with van der Waals surface area (Å²) in [6, 6.07) is 5.22. The van der Waals surface area contributed by atoms with Gasteiger partial charge < -0.3 is 5.11 Å². The summed E-state index contributed by atoms with van der Waals surface area (Å²) < 4.78 is 40.7. The SMILES string of the molecule is CC(C)n1nc(-c2cccc(C(F)(F)F)c2)nc1[C@H]1[C@@H]2CC(O)C[C@@H]21. The summed E-state index contributed by atoms with van der Waals surface area (Å²) in [6.07, 6.45) is -3.06. The van der Waals surface area contributed by atoms with Crippen molar-refractivity contribution >= 4 is 0 Å². The Hall–Kier alpha value is -1.89. The summed E-state index contributed by atoms with van der Waals surface area (Å²) in [5.74, 6) is 2.28. The van der Waals surface area contributed by atoms with E-state index in [-0.39, 0.29) is 18.1 Å². The van der Waals surface area contributed by atoms with Crippen LogP contribution in [-0.2, 0) is 6.18 Å². The van der Waals surface area contributed by atoms with Crippen LogP contribution in [0.15, 0.2) is 24.3 Å². The van der Waals surface area contributed by atoms with Crippen LogP contribution in [0.1, 0.15) is 50.0 Å². The zero-order valence-corrected chi connectivity index (χ0v) is 14.0. The van der Waals surface area contributed by atoms with Gasteiger partial charge in [0.05, 0.1) is 11.7 Å². The first-order valence-corrected chi connectivity index (χ1v) is 8.58. The number of aliphatic hydroxyl groups excluding tert-OH is 1. The van der Waals surface area contributed by atoms with E-state index in [1.165, 1.54) is 6.07 Å². The molecule has 1 unspecified atom stereocenters. The lowest BCUT2D eigenvalue weighted by molar-refractivity contribution is -0.137. The molecule has 1 aromatic heterocycles. The van der Waals surface area contributed by atoms with E-state index in [9.17, 15) is 18.3 Å². The molecule has 4 atom stereocenters. The largest absolute Gasteiger partial charge is 0.416 e. The molecular weight excluding hydrogens is 331 g/mol. The fourth-order valence-electron chi connectivity index (χ4n) is 4.09. The Kier molecular flexibility index (Phi) is 3.68. The number of halogens is 3. The van der Waals surface area contributed by atoms with E-state index < -0.39 is 11.7 Å². The first-order chi connectivity index (χ1) is 11.8. The van der Waals surface area contributed by atoms with Crippen LogP contribution in [0.3, 0.4) is 0 Å². The van der Waals surface area contributed by atoms with E-state index >= 15 is 0 Å². The standard InChI is InChI=1S/C18H20F3N3O/c1-9(2)24-17(15-13-7-12(25)8-14(13)15)22-16(23-24)10-4-3-5-11(6-10)18(19,20)21/h3-6,9,12-15,25H,7-8H2,1-2H3/t12?,13-,14+,15+. The Morgan fingerprint density at radius 3 is 2.48 bits per heavy atom. The highest BCUT2D eigenvalue weighted by Crippen LogP contribution is 2.62. The van der Waals surface area contributed by atoms with E-state index in [1.54, 1.807) is 6.07 Å². The van der Waals surface area contributed by atoms with Gasteiger partial charge in [-0.25, -0.2) is 9.67 Å². The van der Waals surface area contributed by atoms with Crippen LogP contribution in [-0.4, -0.2) is 26.0 Å². The molecule has 0 aliphatic heterocycles. The second-order valence-corrected chi connectivity index (χ2v) is 7.39. The zero-order chi connectivity index (χ0) is 17.9. The number of alkyl halides is 3. The Morgan fingerprint density at radius 2 is 1.88 bits per heavy atom. The molecule has 0 bridgehead atoms. The molecule has 1 heterocycles. The third kappa shape index (κ3) is 2.84. The molecule has 1 aromatic carbocycles. The third-order valence-electron chi connectivity index (χ3n) is 5.31. The van der Waals surface area contributed by atoms with Crippen LogP contribution in [0.2, 0.25) is 0 Å². The monoisotopic (exact) mass is 351 g/mol. The van der Waals surface area contributed by atoms with Crippen LogP contribution in [0.25, 0.3) is 11.4 Å². The summed E-state index contributed by atoms with van der Waals surface area (Å²) >= 11 is 0. The molecule has 7 heteroatoms. The Balaban J connectivity index is 1.69. The maximum Gasteiger partial charge on any atom is 0.416 e. The number of fused-ring (bicyclic) bond motifs is 1. The molecule has 2 fully saturated rings. The molecule has 0 radical (unpaired) electrons. The maximum atomic E-state index is 13.0. The topological polar surface area (TPSA) is 50.9 Å². The van der Waals surface area contributed by atoms with Crippen molar-refractivity contribution in [2.24, 2.45) is 11.8 Å². The van der Waals surface area contributed by atoms with Gasteiger partial charge in [-0.05, 0) is 50.7 Å². The second kappa shape index (κ2) is 5.56. The number of nitrogens with zero attached hydrogens (tertiary/aromatic N) is 3. The van der Waals surface area contributed by atoms with E-state index in [4.69, 9.17) is 0 Å². The average molecular weight is 351 g/mol. The van der Waals surface area contributed by atoms with Crippen molar-refractivity contribution in [3.05, 3.63) is 35.7 Å². The Bertz CT molecular complexity index is 787. The first-order valence-electron chi connectivity index (χ1n) is 8.58. The molecule has 25 heavy (non-hydrogen) atoms. The fourth-order valence-corrected chi connectivity index (χ4v) is 4.09. The van der Waals surface area contributed by atoms with E-state index in [0.29, 0.717) is 23.2 Å². The zero-order valence-electron chi connectivity index (χ0n) is 14.0. The molecular formula is C18H20F3N3O. The highest BCUT2D eigenvalue weighted by atomic mass is 19.4. The van der Waals surface area contributed by atoms with Crippen molar-refractivity contribution in [3.8, 4) is 11.4 Å². The minimum Gasteiger partial charge on any atom is -0.393 e. The van der Waals surface area contributed by atoms with Gasteiger partial charge in [-0.3, -0.25) is 0 Å². The number of aliphatic hydroxyl groups is 1.